The summed E-state index contributed by atoms with van der Waals surface area (Å²) in [7, 11) is 0. The van der Waals surface area contributed by atoms with Crippen molar-refractivity contribution in [2.75, 3.05) is 5.32 Å². The molecule has 7 heteroatoms. The van der Waals surface area contributed by atoms with E-state index in [1.807, 2.05) is 24.3 Å². The molecule has 0 saturated carbocycles. The standard InChI is InChI=1S/C23H26BrN3O2S/c1-5-12(2)30-22-26-20-19(21(29)27-22)17(13-8-6-7-9-14(13)24)18-15(25-20)10-23(3,4)11-16(18)28/h6-9,12,17H,5,10-11H2,1-4H3,(H2,25,26,27,29)/t12-,17+/m1/s1. The van der Waals surface area contributed by atoms with E-state index >= 15 is 0 Å². The lowest BCUT2D eigenvalue weighted by Crippen LogP contribution is -2.37. The number of thioether (sulfide) groups is 1. The maximum absolute atomic E-state index is 13.3. The zero-order chi connectivity index (χ0) is 21.6. The van der Waals surface area contributed by atoms with Gasteiger partial charge in [-0.25, -0.2) is 4.98 Å². The summed E-state index contributed by atoms with van der Waals surface area (Å²) in [4.78, 5) is 34.2. The van der Waals surface area contributed by atoms with Crippen molar-refractivity contribution in [3.05, 3.63) is 61.5 Å². The summed E-state index contributed by atoms with van der Waals surface area (Å²) in [5, 5.41) is 4.33. The second-order valence-corrected chi connectivity index (χ2v) is 11.2. The fraction of sp³-hybridized carbons (Fsp3) is 0.435. The number of allylic oxidation sites excluding steroid dienone is 2. The topological polar surface area (TPSA) is 74.8 Å². The van der Waals surface area contributed by atoms with Crippen LogP contribution in [-0.4, -0.2) is 21.0 Å². The van der Waals surface area contributed by atoms with Gasteiger partial charge in [0.2, 0.25) is 0 Å². The number of halogens is 1. The quantitative estimate of drug-likeness (QED) is 0.432. The second-order valence-electron chi connectivity index (χ2n) is 8.88. The van der Waals surface area contributed by atoms with Gasteiger partial charge in [0.1, 0.15) is 5.82 Å². The number of nitrogens with zero attached hydrogens (tertiary/aromatic N) is 1. The summed E-state index contributed by atoms with van der Waals surface area (Å²) in [6.45, 7) is 8.44. The Morgan fingerprint density at radius 1 is 1.27 bits per heavy atom. The first kappa shape index (κ1) is 21.4. The van der Waals surface area contributed by atoms with Crippen LogP contribution in [0.3, 0.4) is 0 Å². The third-order valence-electron chi connectivity index (χ3n) is 5.80. The summed E-state index contributed by atoms with van der Waals surface area (Å²) in [5.74, 6) is 0.224. The molecule has 1 aromatic carbocycles. The Balaban J connectivity index is 1.93. The number of ketones is 1. The molecule has 158 valence electrons. The van der Waals surface area contributed by atoms with E-state index in [2.05, 4.69) is 53.9 Å². The number of carbonyl (C=O) groups excluding carboxylic acids is 1. The van der Waals surface area contributed by atoms with Crippen LogP contribution in [0, 0.1) is 5.41 Å². The van der Waals surface area contributed by atoms with Crippen molar-refractivity contribution in [2.45, 2.75) is 63.3 Å². The molecule has 30 heavy (non-hydrogen) atoms. The predicted molar refractivity (Wildman–Crippen MR) is 125 cm³/mol. The molecule has 4 rings (SSSR count). The van der Waals surface area contributed by atoms with E-state index in [4.69, 9.17) is 4.98 Å². The molecule has 0 spiro atoms. The third kappa shape index (κ3) is 3.89. The van der Waals surface area contributed by atoms with Gasteiger partial charge in [-0.15, -0.1) is 0 Å². The minimum atomic E-state index is -0.436. The van der Waals surface area contributed by atoms with Crippen molar-refractivity contribution < 1.29 is 4.79 Å². The summed E-state index contributed by atoms with van der Waals surface area (Å²) in [6, 6.07) is 7.80. The van der Waals surface area contributed by atoms with Crippen molar-refractivity contribution >= 4 is 39.3 Å². The number of aromatic nitrogens is 2. The van der Waals surface area contributed by atoms with Crippen LogP contribution in [-0.2, 0) is 4.79 Å². The Hall–Kier alpha value is -1.86. The smallest absolute Gasteiger partial charge is 0.257 e. The second kappa shape index (κ2) is 8.00. The monoisotopic (exact) mass is 487 g/mol. The Labute approximate surface area is 189 Å². The molecule has 2 atom stereocenters. The molecular weight excluding hydrogens is 462 g/mol. The van der Waals surface area contributed by atoms with Crippen molar-refractivity contribution in [1.82, 2.24) is 9.97 Å². The van der Waals surface area contributed by atoms with E-state index in [0.29, 0.717) is 33.8 Å². The Morgan fingerprint density at radius 2 is 2.00 bits per heavy atom. The van der Waals surface area contributed by atoms with Gasteiger partial charge in [-0.1, -0.05) is 73.6 Å². The summed E-state index contributed by atoms with van der Waals surface area (Å²) in [5.41, 5.74) is 2.69. The van der Waals surface area contributed by atoms with E-state index in [1.54, 1.807) is 11.8 Å². The molecule has 0 saturated heterocycles. The average molecular weight is 488 g/mol. The van der Waals surface area contributed by atoms with Crippen LogP contribution in [0.25, 0.3) is 0 Å². The normalized spacial score (nSPS) is 21.0. The molecule has 5 nitrogen and oxygen atoms in total. The van der Waals surface area contributed by atoms with Gasteiger partial charge in [-0.05, 0) is 29.9 Å². The van der Waals surface area contributed by atoms with Crippen LogP contribution >= 0.6 is 27.7 Å². The number of fused-ring (bicyclic) bond motifs is 1. The van der Waals surface area contributed by atoms with Crippen LogP contribution in [0.15, 0.2) is 50.0 Å². The number of hydrogen-bond donors (Lipinski definition) is 2. The molecule has 1 aliphatic heterocycles. The average Bonchev–Trinajstić information content (AvgIpc) is 2.65. The Kier molecular flexibility index (Phi) is 5.70. The van der Waals surface area contributed by atoms with Crippen molar-refractivity contribution in [1.29, 1.82) is 0 Å². The van der Waals surface area contributed by atoms with Gasteiger partial charge < -0.3 is 10.3 Å². The molecular formula is C23H26BrN3O2S. The number of carbonyl (C=O) groups is 1. The lowest BCUT2D eigenvalue weighted by molar-refractivity contribution is -0.118. The fourth-order valence-corrected chi connectivity index (χ4v) is 5.60. The molecule has 0 amide bonds. The molecule has 0 bridgehead atoms. The minimum absolute atomic E-state index is 0.0950. The molecule has 0 radical (unpaired) electrons. The van der Waals surface area contributed by atoms with Crippen molar-refractivity contribution in [3.8, 4) is 0 Å². The first-order valence-electron chi connectivity index (χ1n) is 10.3. The highest BCUT2D eigenvalue weighted by atomic mass is 79.9. The SMILES string of the molecule is CC[C@@H](C)Sc1nc2c(c(=O)[nH]1)[C@@H](c1ccccc1Br)C1=C(CC(C)(C)CC1=O)N2. The molecule has 1 aromatic heterocycles. The van der Waals surface area contributed by atoms with Gasteiger partial charge in [-0.2, -0.15) is 0 Å². The summed E-state index contributed by atoms with van der Waals surface area (Å²) in [6.07, 6.45) is 2.20. The lowest BCUT2D eigenvalue weighted by Gasteiger charge is -2.38. The first-order chi connectivity index (χ1) is 14.2. The summed E-state index contributed by atoms with van der Waals surface area (Å²) >= 11 is 5.19. The number of H-pyrrole nitrogens is 1. The first-order valence-corrected chi connectivity index (χ1v) is 12.0. The number of anilines is 1. The number of Topliss-reactive ketones (excluding diaryl/α,β-unsaturated/α-hetero) is 1. The maximum atomic E-state index is 13.3. The van der Waals surface area contributed by atoms with Crippen LogP contribution < -0.4 is 10.9 Å². The lowest BCUT2D eigenvalue weighted by atomic mass is 9.69. The predicted octanol–water partition coefficient (Wildman–Crippen LogP) is 5.62. The van der Waals surface area contributed by atoms with Gasteiger partial charge >= 0.3 is 0 Å². The molecule has 0 unspecified atom stereocenters. The van der Waals surface area contributed by atoms with Gasteiger partial charge in [0.25, 0.3) is 5.56 Å². The number of benzene rings is 1. The van der Waals surface area contributed by atoms with Gasteiger partial charge in [0.15, 0.2) is 10.9 Å². The number of aromatic amines is 1. The van der Waals surface area contributed by atoms with E-state index in [1.165, 1.54) is 0 Å². The molecule has 2 heterocycles. The van der Waals surface area contributed by atoms with E-state index in [9.17, 15) is 9.59 Å². The van der Waals surface area contributed by atoms with Crippen LogP contribution in [0.2, 0.25) is 0 Å². The zero-order valence-corrected chi connectivity index (χ0v) is 20.0. The van der Waals surface area contributed by atoms with Gasteiger partial charge in [0.05, 0.1) is 5.56 Å². The van der Waals surface area contributed by atoms with E-state index < -0.39 is 5.92 Å². The molecule has 0 fully saturated rings. The maximum Gasteiger partial charge on any atom is 0.257 e. The fourth-order valence-electron chi connectivity index (χ4n) is 4.24. The zero-order valence-electron chi connectivity index (χ0n) is 17.6. The molecule has 2 aliphatic rings. The van der Waals surface area contributed by atoms with Crippen LogP contribution in [0.4, 0.5) is 5.82 Å². The van der Waals surface area contributed by atoms with Gasteiger partial charge in [0, 0.05) is 33.3 Å². The molecule has 1 aliphatic carbocycles. The third-order valence-corrected chi connectivity index (χ3v) is 7.68. The van der Waals surface area contributed by atoms with E-state index in [0.717, 1.165) is 28.6 Å². The van der Waals surface area contributed by atoms with Crippen molar-refractivity contribution in [3.63, 3.8) is 0 Å². The number of hydrogen-bond acceptors (Lipinski definition) is 5. The highest BCUT2D eigenvalue weighted by Gasteiger charge is 2.42. The highest BCUT2D eigenvalue weighted by Crippen LogP contribution is 2.48. The van der Waals surface area contributed by atoms with Crippen LogP contribution in [0.5, 0.6) is 0 Å². The molecule has 2 N–H and O–H groups in total. The summed E-state index contributed by atoms with van der Waals surface area (Å²) < 4.78 is 0.879. The largest absolute Gasteiger partial charge is 0.343 e. The highest BCUT2D eigenvalue weighted by molar-refractivity contribution is 9.10. The number of rotatable bonds is 4. The van der Waals surface area contributed by atoms with Crippen LogP contribution in [0.1, 0.15) is 64.0 Å². The molecule has 2 aromatic rings. The Morgan fingerprint density at radius 3 is 2.70 bits per heavy atom. The minimum Gasteiger partial charge on any atom is -0.343 e. The van der Waals surface area contributed by atoms with E-state index in [-0.39, 0.29) is 16.8 Å². The number of nitrogens with one attached hydrogen (secondary N) is 2. The van der Waals surface area contributed by atoms with Crippen molar-refractivity contribution in [2.24, 2.45) is 5.41 Å². The Bertz CT molecular complexity index is 1110. The van der Waals surface area contributed by atoms with Gasteiger partial charge in [-0.3, -0.25) is 9.59 Å².